The lowest BCUT2D eigenvalue weighted by Gasteiger charge is -2.43. The summed E-state index contributed by atoms with van der Waals surface area (Å²) in [5.41, 5.74) is 0.469. The Kier molecular flexibility index (Phi) is 4.80. The average Bonchev–Trinajstić information content (AvgIpc) is 3.28. The molecule has 1 spiro atoms. The SMILES string of the molecule is C=CCOC(=O)N1C[C@@H](C(=O)N2C(=O)OC[C@H]2c2ccccc2)C2(CNC2)C1. The molecule has 8 heteroatoms. The molecule has 3 fully saturated rings. The van der Waals surface area contributed by atoms with Crippen LogP contribution in [0.15, 0.2) is 43.0 Å². The molecule has 148 valence electrons. The quantitative estimate of drug-likeness (QED) is 0.792. The largest absolute Gasteiger partial charge is 0.446 e. The fraction of sp³-hybridized carbons (Fsp3) is 0.450. The van der Waals surface area contributed by atoms with Gasteiger partial charge in [0.1, 0.15) is 19.3 Å². The normalized spacial score (nSPS) is 25.4. The summed E-state index contributed by atoms with van der Waals surface area (Å²) in [5, 5.41) is 3.19. The summed E-state index contributed by atoms with van der Waals surface area (Å²) in [6.07, 6.45) is 0.404. The molecule has 3 amide bonds. The maximum Gasteiger partial charge on any atom is 0.417 e. The summed E-state index contributed by atoms with van der Waals surface area (Å²) in [6.45, 7) is 5.68. The van der Waals surface area contributed by atoms with E-state index in [0.717, 1.165) is 5.56 Å². The Morgan fingerprint density at radius 2 is 2.07 bits per heavy atom. The van der Waals surface area contributed by atoms with E-state index in [4.69, 9.17) is 9.47 Å². The summed E-state index contributed by atoms with van der Waals surface area (Å²) in [4.78, 5) is 40.9. The first-order valence-electron chi connectivity index (χ1n) is 9.34. The molecule has 3 aliphatic rings. The number of hydrogen-bond donors (Lipinski definition) is 1. The highest BCUT2D eigenvalue weighted by atomic mass is 16.6. The Morgan fingerprint density at radius 1 is 1.32 bits per heavy atom. The van der Waals surface area contributed by atoms with E-state index in [1.165, 1.54) is 11.0 Å². The van der Waals surface area contributed by atoms with E-state index in [9.17, 15) is 14.4 Å². The lowest BCUT2D eigenvalue weighted by molar-refractivity contribution is -0.137. The Labute approximate surface area is 163 Å². The highest BCUT2D eigenvalue weighted by Crippen LogP contribution is 2.42. The van der Waals surface area contributed by atoms with Crippen LogP contribution in [-0.4, -0.2) is 67.3 Å². The van der Waals surface area contributed by atoms with Gasteiger partial charge in [-0.3, -0.25) is 4.79 Å². The minimum atomic E-state index is -0.631. The second-order valence-corrected chi connectivity index (χ2v) is 7.48. The molecule has 0 unspecified atom stereocenters. The molecule has 1 N–H and O–H groups in total. The van der Waals surface area contributed by atoms with Gasteiger partial charge in [-0.05, 0) is 5.56 Å². The standard InChI is InChI=1S/C20H23N3O5/c1-2-8-27-18(25)22-9-15(20(13-22)11-21-12-20)17(24)23-16(10-28-19(23)26)14-6-4-3-5-7-14/h2-7,15-16,21H,1,8-13H2/t15-,16-/m0/s1. The Bertz CT molecular complexity index is 792. The zero-order chi connectivity index (χ0) is 19.7. The Hall–Kier alpha value is -2.87. The van der Waals surface area contributed by atoms with Gasteiger partial charge < -0.3 is 19.7 Å². The minimum absolute atomic E-state index is 0.119. The Balaban J connectivity index is 1.56. The molecule has 0 aromatic heterocycles. The van der Waals surface area contributed by atoms with Crippen molar-refractivity contribution in [1.82, 2.24) is 15.1 Å². The fourth-order valence-corrected chi connectivity index (χ4v) is 4.23. The summed E-state index contributed by atoms with van der Waals surface area (Å²) >= 11 is 0. The molecule has 3 saturated heterocycles. The first-order chi connectivity index (χ1) is 13.6. The van der Waals surface area contributed by atoms with Crippen LogP contribution >= 0.6 is 0 Å². The molecule has 8 nitrogen and oxygen atoms in total. The number of imide groups is 1. The molecule has 1 aromatic carbocycles. The lowest BCUT2D eigenvalue weighted by Crippen LogP contribution is -2.61. The second-order valence-electron chi connectivity index (χ2n) is 7.48. The van der Waals surface area contributed by atoms with E-state index >= 15 is 0 Å². The average molecular weight is 385 g/mol. The van der Waals surface area contributed by atoms with Crippen LogP contribution in [-0.2, 0) is 14.3 Å². The number of hydrogen-bond acceptors (Lipinski definition) is 6. The molecule has 3 aliphatic heterocycles. The van der Waals surface area contributed by atoms with E-state index < -0.39 is 24.1 Å². The number of carbonyl (C=O) groups excluding carboxylic acids is 3. The van der Waals surface area contributed by atoms with Crippen LogP contribution in [0, 0.1) is 11.3 Å². The van der Waals surface area contributed by atoms with Crippen molar-refractivity contribution in [1.29, 1.82) is 0 Å². The van der Waals surface area contributed by atoms with Gasteiger partial charge in [0.25, 0.3) is 0 Å². The number of carbonyl (C=O) groups is 3. The summed E-state index contributed by atoms with van der Waals surface area (Å²) in [6, 6.07) is 8.91. The maximum atomic E-state index is 13.4. The van der Waals surface area contributed by atoms with Gasteiger partial charge in [0.2, 0.25) is 5.91 Å². The number of benzene rings is 1. The van der Waals surface area contributed by atoms with Crippen LogP contribution in [0.2, 0.25) is 0 Å². The van der Waals surface area contributed by atoms with Crippen LogP contribution in [0.25, 0.3) is 0 Å². The molecule has 0 radical (unpaired) electrons. The number of cyclic esters (lactones) is 1. The van der Waals surface area contributed by atoms with Crippen molar-refractivity contribution in [2.45, 2.75) is 6.04 Å². The lowest BCUT2D eigenvalue weighted by atomic mass is 9.72. The summed E-state index contributed by atoms with van der Waals surface area (Å²) in [7, 11) is 0. The molecular formula is C20H23N3O5. The van der Waals surface area contributed by atoms with Crippen LogP contribution in [0.1, 0.15) is 11.6 Å². The van der Waals surface area contributed by atoms with Crippen molar-refractivity contribution in [3.8, 4) is 0 Å². The highest BCUT2D eigenvalue weighted by molar-refractivity contribution is 5.96. The van der Waals surface area contributed by atoms with Crippen molar-refractivity contribution in [2.24, 2.45) is 11.3 Å². The summed E-state index contributed by atoms with van der Waals surface area (Å²) < 4.78 is 10.3. The van der Waals surface area contributed by atoms with Gasteiger partial charge in [0.15, 0.2) is 0 Å². The number of ether oxygens (including phenoxy) is 2. The number of nitrogens with one attached hydrogen (secondary N) is 1. The van der Waals surface area contributed by atoms with Crippen LogP contribution in [0.4, 0.5) is 9.59 Å². The molecule has 1 aromatic rings. The van der Waals surface area contributed by atoms with Crippen LogP contribution < -0.4 is 5.32 Å². The number of likely N-dealkylation sites (tertiary alicyclic amines) is 1. The first-order valence-corrected chi connectivity index (χ1v) is 9.34. The molecule has 28 heavy (non-hydrogen) atoms. The molecule has 3 heterocycles. The molecule has 0 bridgehead atoms. The highest BCUT2D eigenvalue weighted by Gasteiger charge is 2.57. The van der Waals surface area contributed by atoms with Crippen molar-refractivity contribution in [3.05, 3.63) is 48.6 Å². The van der Waals surface area contributed by atoms with Gasteiger partial charge in [0.05, 0.1) is 5.92 Å². The predicted octanol–water partition coefficient (Wildman–Crippen LogP) is 1.55. The Morgan fingerprint density at radius 3 is 2.71 bits per heavy atom. The molecule has 2 atom stereocenters. The monoisotopic (exact) mass is 385 g/mol. The third kappa shape index (κ3) is 3.03. The number of nitrogens with zero attached hydrogens (tertiary/aromatic N) is 2. The van der Waals surface area contributed by atoms with E-state index in [0.29, 0.717) is 19.6 Å². The van der Waals surface area contributed by atoms with Crippen molar-refractivity contribution < 1.29 is 23.9 Å². The summed E-state index contributed by atoms with van der Waals surface area (Å²) in [5.74, 6) is -0.779. The smallest absolute Gasteiger partial charge is 0.417 e. The second kappa shape index (κ2) is 7.27. The van der Waals surface area contributed by atoms with Crippen molar-refractivity contribution in [3.63, 3.8) is 0 Å². The third-order valence-corrected chi connectivity index (χ3v) is 5.78. The predicted molar refractivity (Wildman–Crippen MR) is 99.3 cm³/mol. The van der Waals surface area contributed by atoms with Crippen molar-refractivity contribution in [2.75, 3.05) is 39.4 Å². The van der Waals surface area contributed by atoms with Crippen LogP contribution in [0.3, 0.4) is 0 Å². The first kappa shape index (κ1) is 18.5. The van der Waals surface area contributed by atoms with Crippen LogP contribution in [0.5, 0.6) is 0 Å². The zero-order valence-corrected chi connectivity index (χ0v) is 15.5. The van der Waals surface area contributed by atoms with Gasteiger partial charge in [-0.2, -0.15) is 0 Å². The third-order valence-electron chi connectivity index (χ3n) is 5.78. The van der Waals surface area contributed by atoms with Gasteiger partial charge in [-0.15, -0.1) is 0 Å². The van der Waals surface area contributed by atoms with E-state index in [2.05, 4.69) is 11.9 Å². The zero-order valence-electron chi connectivity index (χ0n) is 15.5. The van der Waals surface area contributed by atoms with Crippen molar-refractivity contribution >= 4 is 18.1 Å². The molecular weight excluding hydrogens is 362 g/mol. The van der Waals surface area contributed by atoms with Gasteiger partial charge in [-0.25, -0.2) is 14.5 Å². The number of amides is 3. The maximum absolute atomic E-state index is 13.4. The van der Waals surface area contributed by atoms with Gasteiger partial charge in [-0.1, -0.05) is 43.0 Å². The molecule has 0 saturated carbocycles. The van der Waals surface area contributed by atoms with Gasteiger partial charge >= 0.3 is 12.2 Å². The van der Waals surface area contributed by atoms with E-state index in [-0.39, 0.29) is 31.1 Å². The number of rotatable bonds is 4. The van der Waals surface area contributed by atoms with E-state index in [1.807, 2.05) is 30.3 Å². The topological polar surface area (TPSA) is 88.2 Å². The minimum Gasteiger partial charge on any atom is -0.446 e. The molecule has 4 rings (SSSR count). The van der Waals surface area contributed by atoms with Gasteiger partial charge in [0, 0.05) is 31.6 Å². The fourth-order valence-electron chi connectivity index (χ4n) is 4.23. The molecule has 0 aliphatic carbocycles. The van der Waals surface area contributed by atoms with E-state index in [1.54, 1.807) is 4.90 Å².